The molecule has 1 unspecified atom stereocenters. The first-order chi connectivity index (χ1) is 4.29. The normalized spacial score (nSPS) is 23.9. The number of carbonyl (C=O) groups is 1. The van der Waals surface area contributed by atoms with Gasteiger partial charge in [-0.3, -0.25) is 4.79 Å². The van der Waals surface area contributed by atoms with Gasteiger partial charge >= 0.3 is 0 Å². The minimum atomic E-state index is 0.00231. The highest BCUT2D eigenvalue weighted by molar-refractivity contribution is 8.14. The number of thioether (sulfide) groups is 1. The third-order valence-electron chi connectivity index (χ3n) is 0.842. The van der Waals surface area contributed by atoms with Crippen LogP contribution < -0.4 is 0 Å². The van der Waals surface area contributed by atoms with Gasteiger partial charge in [-0.15, -0.1) is 0 Å². The van der Waals surface area contributed by atoms with Crippen molar-refractivity contribution in [2.75, 3.05) is 6.61 Å². The van der Waals surface area contributed by atoms with Crippen molar-refractivity contribution in [1.29, 1.82) is 0 Å². The Morgan fingerprint density at radius 1 is 2.00 bits per heavy atom. The summed E-state index contributed by atoms with van der Waals surface area (Å²) < 4.78 is 4.79. The molecule has 0 aromatic carbocycles. The molecule has 0 bridgehead atoms. The van der Waals surface area contributed by atoms with Crippen LogP contribution in [0.15, 0.2) is 4.99 Å². The number of aliphatic imine (C=N–C) groups is 1. The van der Waals surface area contributed by atoms with E-state index in [4.69, 9.17) is 4.74 Å². The second kappa shape index (κ2) is 2.87. The zero-order chi connectivity index (χ0) is 6.69. The van der Waals surface area contributed by atoms with Gasteiger partial charge in [0.05, 0.1) is 0 Å². The molecule has 1 heterocycles. The molecular weight excluding hydrogens is 138 g/mol. The fourth-order valence-electron chi connectivity index (χ4n) is 0.535. The van der Waals surface area contributed by atoms with Crippen LogP contribution in [0.5, 0.6) is 0 Å². The predicted octanol–water partition coefficient (Wildman–Crippen LogP) is 0.651. The second-order valence-electron chi connectivity index (χ2n) is 1.65. The van der Waals surface area contributed by atoms with Crippen molar-refractivity contribution < 1.29 is 9.53 Å². The fraction of sp³-hybridized carbons (Fsp3) is 0.600. The van der Waals surface area contributed by atoms with Crippen molar-refractivity contribution in [3.8, 4) is 0 Å². The topological polar surface area (TPSA) is 38.7 Å². The summed E-state index contributed by atoms with van der Waals surface area (Å²) in [4.78, 5) is 14.3. The van der Waals surface area contributed by atoms with Crippen LogP contribution in [0.1, 0.15) is 6.92 Å². The van der Waals surface area contributed by atoms with E-state index in [1.165, 1.54) is 25.1 Å². The Morgan fingerprint density at radius 3 is 3.22 bits per heavy atom. The molecule has 0 spiro atoms. The van der Waals surface area contributed by atoms with Crippen LogP contribution in [0.3, 0.4) is 0 Å². The fourth-order valence-corrected chi connectivity index (χ4v) is 1.18. The molecule has 0 fully saturated rings. The SMILES string of the molecule is CC(=O)SC1COC=N1. The van der Waals surface area contributed by atoms with Gasteiger partial charge in [-0.2, -0.15) is 0 Å². The van der Waals surface area contributed by atoms with E-state index in [-0.39, 0.29) is 10.5 Å². The van der Waals surface area contributed by atoms with Gasteiger partial charge in [-0.1, -0.05) is 11.8 Å². The molecule has 0 amide bonds. The molecule has 4 heteroatoms. The Bertz CT molecular complexity index is 146. The molecule has 1 aliphatic rings. The lowest BCUT2D eigenvalue weighted by Crippen LogP contribution is -2.02. The molecule has 0 saturated heterocycles. The Kier molecular flexibility index (Phi) is 2.10. The molecule has 0 aromatic rings. The number of rotatable bonds is 1. The summed E-state index contributed by atoms with van der Waals surface area (Å²) in [5, 5.41) is 0.0881. The van der Waals surface area contributed by atoms with E-state index in [1.807, 2.05) is 0 Å². The van der Waals surface area contributed by atoms with Gasteiger partial charge in [0, 0.05) is 6.92 Å². The van der Waals surface area contributed by atoms with E-state index >= 15 is 0 Å². The van der Waals surface area contributed by atoms with Crippen molar-refractivity contribution in [2.24, 2.45) is 4.99 Å². The van der Waals surface area contributed by atoms with Gasteiger partial charge in [0.1, 0.15) is 12.0 Å². The highest BCUT2D eigenvalue weighted by Crippen LogP contribution is 2.15. The molecule has 50 valence electrons. The largest absolute Gasteiger partial charge is 0.480 e. The van der Waals surface area contributed by atoms with E-state index in [0.29, 0.717) is 6.61 Å². The van der Waals surface area contributed by atoms with Crippen molar-refractivity contribution >= 4 is 23.3 Å². The summed E-state index contributed by atoms with van der Waals surface area (Å²) in [5.74, 6) is 0. The molecule has 9 heavy (non-hydrogen) atoms. The summed E-state index contributed by atoms with van der Waals surface area (Å²) >= 11 is 1.20. The van der Waals surface area contributed by atoms with Gasteiger partial charge in [-0.25, -0.2) is 4.99 Å². The lowest BCUT2D eigenvalue weighted by molar-refractivity contribution is -0.109. The number of nitrogens with zero attached hydrogens (tertiary/aromatic N) is 1. The number of carbonyl (C=O) groups excluding carboxylic acids is 1. The van der Waals surface area contributed by atoms with Gasteiger partial charge in [-0.05, 0) is 0 Å². The third kappa shape index (κ3) is 2.05. The lowest BCUT2D eigenvalue weighted by atomic mass is 10.7. The predicted molar refractivity (Wildman–Crippen MR) is 36.5 cm³/mol. The molecule has 1 rings (SSSR count). The highest BCUT2D eigenvalue weighted by atomic mass is 32.2. The molecule has 1 atom stereocenters. The maximum absolute atomic E-state index is 10.4. The highest BCUT2D eigenvalue weighted by Gasteiger charge is 2.13. The zero-order valence-electron chi connectivity index (χ0n) is 5.03. The quantitative estimate of drug-likeness (QED) is 0.543. The Labute approximate surface area is 57.5 Å². The molecule has 0 saturated carbocycles. The second-order valence-corrected chi connectivity index (χ2v) is 3.01. The molecule has 0 radical (unpaired) electrons. The van der Waals surface area contributed by atoms with Crippen molar-refractivity contribution in [2.45, 2.75) is 12.3 Å². The van der Waals surface area contributed by atoms with Crippen LogP contribution in [0.25, 0.3) is 0 Å². The van der Waals surface area contributed by atoms with Gasteiger partial charge in [0.2, 0.25) is 0 Å². The third-order valence-corrected chi connectivity index (χ3v) is 1.70. The Morgan fingerprint density at radius 2 is 2.78 bits per heavy atom. The number of hydrogen-bond acceptors (Lipinski definition) is 4. The first-order valence-electron chi connectivity index (χ1n) is 2.59. The smallest absolute Gasteiger partial charge is 0.188 e. The van der Waals surface area contributed by atoms with Gasteiger partial charge in [0.25, 0.3) is 0 Å². The lowest BCUT2D eigenvalue weighted by Gasteiger charge is -1.98. The minimum absolute atomic E-state index is 0.00231. The van der Waals surface area contributed by atoms with E-state index in [1.54, 1.807) is 0 Å². The molecule has 0 aromatic heterocycles. The molecular formula is C5H7NO2S. The molecule has 0 aliphatic carbocycles. The summed E-state index contributed by atoms with van der Waals surface area (Å²) in [7, 11) is 0. The molecule has 0 N–H and O–H groups in total. The summed E-state index contributed by atoms with van der Waals surface area (Å²) in [6, 6.07) is 0. The molecule has 3 nitrogen and oxygen atoms in total. The number of hydrogen-bond donors (Lipinski definition) is 0. The minimum Gasteiger partial charge on any atom is -0.480 e. The Balaban J connectivity index is 2.28. The van der Waals surface area contributed by atoms with Crippen molar-refractivity contribution in [3.05, 3.63) is 0 Å². The summed E-state index contributed by atoms with van der Waals surface area (Å²) in [6.07, 6.45) is 1.39. The maximum Gasteiger partial charge on any atom is 0.188 e. The van der Waals surface area contributed by atoms with Crippen LogP contribution in [0.2, 0.25) is 0 Å². The van der Waals surface area contributed by atoms with Gasteiger partial charge in [0.15, 0.2) is 11.5 Å². The maximum atomic E-state index is 10.4. The standard InChI is InChI=1S/C5H7NO2S/c1-4(7)9-5-2-8-3-6-5/h3,5H,2H2,1H3. The van der Waals surface area contributed by atoms with E-state index in [0.717, 1.165) is 0 Å². The average molecular weight is 145 g/mol. The first kappa shape index (κ1) is 6.61. The van der Waals surface area contributed by atoms with Crippen LogP contribution in [0.4, 0.5) is 0 Å². The van der Waals surface area contributed by atoms with E-state index in [2.05, 4.69) is 4.99 Å². The zero-order valence-corrected chi connectivity index (χ0v) is 5.85. The first-order valence-corrected chi connectivity index (χ1v) is 3.47. The van der Waals surface area contributed by atoms with Crippen LogP contribution >= 0.6 is 11.8 Å². The van der Waals surface area contributed by atoms with Crippen molar-refractivity contribution in [3.63, 3.8) is 0 Å². The molecule has 1 aliphatic heterocycles. The van der Waals surface area contributed by atoms with E-state index < -0.39 is 0 Å². The average Bonchev–Trinajstić information content (AvgIpc) is 2.15. The monoisotopic (exact) mass is 145 g/mol. The van der Waals surface area contributed by atoms with Crippen LogP contribution in [-0.2, 0) is 9.53 Å². The van der Waals surface area contributed by atoms with E-state index in [9.17, 15) is 4.79 Å². The Hall–Kier alpha value is -0.510. The summed E-state index contributed by atoms with van der Waals surface area (Å²) in [6.45, 7) is 2.06. The van der Waals surface area contributed by atoms with Crippen LogP contribution in [-0.4, -0.2) is 23.5 Å². The van der Waals surface area contributed by atoms with Crippen molar-refractivity contribution in [1.82, 2.24) is 0 Å². The van der Waals surface area contributed by atoms with Crippen LogP contribution in [0, 0.1) is 0 Å². The number of ether oxygens (including phenoxy) is 1. The van der Waals surface area contributed by atoms with Gasteiger partial charge < -0.3 is 4.74 Å². The summed E-state index contributed by atoms with van der Waals surface area (Å²) in [5.41, 5.74) is 0.